The highest BCUT2D eigenvalue weighted by atomic mass is 32.1. The third-order valence-corrected chi connectivity index (χ3v) is 3.97. The molecule has 0 spiro atoms. The smallest absolute Gasteiger partial charge is 0.203 e. The molecule has 0 fully saturated rings. The third-order valence-electron chi connectivity index (χ3n) is 3.22. The number of halogens is 1. The topological polar surface area (TPSA) is 57.5 Å². The van der Waals surface area contributed by atoms with Crippen LogP contribution in [0, 0.1) is 12.7 Å². The molecule has 3 aromatic rings. The van der Waals surface area contributed by atoms with Gasteiger partial charge in [-0.1, -0.05) is 0 Å². The molecule has 0 bridgehead atoms. The Morgan fingerprint density at radius 3 is 2.74 bits per heavy atom. The van der Waals surface area contributed by atoms with Gasteiger partial charge in [0.15, 0.2) is 0 Å². The Bertz CT molecular complexity index is 843. The number of anilines is 1. The normalized spacial score (nSPS) is 11.0. The van der Waals surface area contributed by atoms with Crippen molar-refractivity contribution in [2.24, 2.45) is 5.10 Å². The van der Waals surface area contributed by atoms with Crippen LogP contribution in [0.25, 0.3) is 11.3 Å². The van der Waals surface area contributed by atoms with Gasteiger partial charge in [-0.15, -0.1) is 11.3 Å². The molecule has 2 N–H and O–H groups in total. The lowest BCUT2D eigenvalue weighted by atomic mass is 10.1. The maximum absolute atomic E-state index is 13.3. The van der Waals surface area contributed by atoms with Gasteiger partial charge >= 0.3 is 0 Å². The fourth-order valence-electron chi connectivity index (χ4n) is 1.98. The van der Waals surface area contributed by atoms with Crippen LogP contribution >= 0.6 is 11.3 Å². The summed E-state index contributed by atoms with van der Waals surface area (Å²) in [4.78, 5) is 4.43. The summed E-state index contributed by atoms with van der Waals surface area (Å²) in [6.07, 6.45) is 1.64. The Labute approximate surface area is 137 Å². The number of aromatic hydroxyl groups is 1. The summed E-state index contributed by atoms with van der Waals surface area (Å²) in [5, 5.41) is 15.9. The molecule has 0 radical (unpaired) electrons. The highest BCUT2D eigenvalue weighted by molar-refractivity contribution is 7.14. The summed E-state index contributed by atoms with van der Waals surface area (Å²) in [6, 6.07) is 11.6. The van der Waals surface area contributed by atoms with Crippen LogP contribution < -0.4 is 5.43 Å². The molecule has 1 heterocycles. The number of phenolic OH excluding ortho intramolecular Hbond substituents is 1. The fraction of sp³-hybridized carbons (Fsp3) is 0.0588. The zero-order valence-corrected chi connectivity index (χ0v) is 13.1. The van der Waals surface area contributed by atoms with Crippen molar-refractivity contribution in [2.75, 3.05) is 5.43 Å². The third kappa shape index (κ3) is 3.73. The SMILES string of the molecule is Cc1cc(-c2csc(N/N=C/c3ccc(O)cc3)n2)ccc1F. The van der Waals surface area contributed by atoms with Gasteiger partial charge in [0.25, 0.3) is 0 Å². The number of aryl methyl sites for hydroxylation is 1. The van der Waals surface area contributed by atoms with Crippen molar-refractivity contribution >= 4 is 22.7 Å². The predicted octanol–water partition coefficient (Wildman–Crippen LogP) is 4.41. The minimum atomic E-state index is -0.221. The van der Waals surface area contributed by atoms with E-state index in [1.165, 1.54) is 17.4 Å². The molecule has 0 aliphatic carbocycles. The van der Waals surface area contributed by atoms with Crippen molar-refractivity contribution in [1.29, 1.82) is 0 Å². The average Bonchev–Trinajstić information content (AvgIpc) is 3.01. The van der Waals surface area contributed by atoms with Gasteiger partial charge < -0.3 is 5.11 Å². The van der Waals surface area contributed by atoms with Gasteiger partial charge in [0.1, 0.15) is 11.6 Å². The van der Waals surface area contributed by atoms with Crippen molar-refractivity contribution < 1.29 is 9.50 Å². The first-order chi connectivity index (χ1) is 11.1. The molecule has 2 aromatic carbocycles. The molecule has 0 amide bonds. The average molecular weight is 327 g/mol. The minimum absolute atomic E-state index is 0.217. The molecule has 4 nitrogen and oxygen atoms in total. The molecular weight excluding hydrogens is 313 g/mol. The lowest BCUT2D eigenvalue weighted by Gasteiger charge is -2.00. The van der Waals surface area contributed by atoms with E-state index in [0.29, 0.717) is 10.7 Å². The van der Waals surface area contributed by atoms with Gasteiger partial charge in [-0.3, -0.25) is 5.43 Å². The maximum Gasteiger partial charge on any atom is 0.203 e. The van der Waals surface area contributed by atoms with E-state index in [2.05, 4.69) is 15.5 Å². The first-order valence-electron chi connectivity index (χ1n) is 6.92. The van der Waals surface area contributed by atoms with Crippen LogP contribution in [0.2, 0.25) is 0 Å². The zero-order valence-electron chi connectivity index (χ0n) is 12.3. The van der Waals surface area contributed by atoms with E-state index in [9.17, 15) is 9.50 Å². The molecule has 0 unspecified atom stereocenters. The second-order valence-corrected chi connectivity index (χ2v) is 5.82. The summed E-state index contributed by atoms with van der Waals surface area (Å²) in [6.45, 7) is 1.73. The zero-order chi connectivity index (χ0) is 16.2. The fourth-order valence-corrected chi connectivity index (χ4v) is 2.65. The Morgan fingerprint density at radius 1 is 1.22 bits per heavy atom. The quantitative estimate of drug-likeness (QED) is 0.551. The summed E-state index contributed by atoms with van der Waals surface area (Å²) < 4.78 is 13.3. The number of benzene rings is 2. The van der Waals surface area contributed by atoms with E-state index in [1.54, 1.807) is 49.5 Å². The second kappa shape index (κ2) is 6.58. The van der Waals surface area contributed by atoms with Gasteiger partial charge in [0.05, 0.1) is 11.9 Å². The molecule has 0 saturated carbocycles. The maximum atomic E-state index is 13.3. The minimum Gasteiger partial charge on any atom is -0.508 e. The number of nitrogens with zero attached hydrogens (tertiary/aromatic N) is 2. The number of thiazole rings is 1. The Hall–Kier alpha value is -2.73. The molecule has 6 heteroatoms. The predicted molar refractivity (Wildman–Crippen MR) is 91.6 cm³/mol. The number of aromatic nitrogens is 1. The monoisotopic (exact) mass is 327 g/mol. The van der Waals surface area contributed by atoms with E-state index in [-0.39, 0.29) is 11.6 Å². The lowest BCUT2D eigenvalue weighted by molar-refractivity contribution is 0.475. The van der Waals surface area contributed by atoms with Crippen LogP contribution in [0.15, 0.2) is 52.9 Å². The number of hydrazone groups is 1. The van der Waals surface area contributed by atoms with Crippen LogP contribution in [0.5, 0.6) is 5.75 Å². The number of phenols is 1. The number of hydrogen-bond acceptors (Lipinski definition) is 5. The van der Waals surface area contributed by atoms with E-state index in [0.717, 1.165) is 16.8 Å². The van der Waals surface area contributed by atoms with Gasteiger partial charge in [-0.25, -0.2) is 9.37 Å². The van der Waals surface area contributed by atoms with Crippen LogP contribution in [0.1, 0.15) is 11.1 Å². The van der Waals surface area contributed by atoms with Gasteiger partial charge in [-0.2, -0.15) is 5.10 Å². The van der Waals surface area contributed by atoms with E-state index >= 15 is 0 Å². The summed E-state index contributed by atoms with van der Waals surface area (Å²) in [5.74, 6) is -0.00454. The van der Waals surface area contributed by atoms with Crippen LogP contribution in [0.4, 0.5) is 9.52 Å². The van der Waals surface area contributed by atoms with Crippen molar-refractivity contribution in [3.8, 4) is 17.0 Å². The van der Waals surface area contributed by atoms with Crippen molar-refractivity contribution in [1.82, 2.24) is 4.98 Å². The second-order valence-electron chi connectivity index (χ2n) is 4.96. The van der Waals surface area contributed by atoms with Crippen molar-refractivity contribution in [2.45, 2.75) is 6.92 Å². The van der Waals surface area contributed by atoms with Gasteiger partial charge in [0.2, 0.25) is 5.13 Å². The van der Waals surface area contributed by atoms with Crippen LogP contribution in [-0.2, 0) is 0 Å². The Morgan fingerprint density at radius 2 is 2.00 bits per heavy atom. The Balaban J connectivity index is 1.69. The first-order valence-corrected chi connectivity index (χ1v) is 7.80. The Kier molecular flexibility index (Phi) is 4.34. The molecular formula is C17H14FN3OS. The van der Waals surface area contributed by atoms with E-state index in [1.807, 2.05) is 5.38 Å². The van der Waals surface area contributed by atoms with Gasteiger partial charge in [0, 0.05) is 10.9 Å². The number of rotatable bonds is 4. The molecule has 0 atom stereocenters. The molecule has 1 aromatic heterocycles. The molecule has 0 aliphatic rings. The van der Waals surface area contributed by atoms with Crippen LogP contribution in [0.3, 0.4) is 0 Å². The summed E-state index contributed by atoms with van der Waals surface area (Å²) in [5.41, 5.74) is 5.97. The van der Waals surface area contributed by atoms with Crippen molar-refractivity contribution in [3.63, 3.8) is 0 Å². The highest BCUT2D eigenvalue weighted by Crippen LogP contribution is 2.26. The lowest BCUT2D eigenvalue weighted by Crippen LogP contribution is -1.90. The molecule has 3 rings (SSSR count). The highest BCUT2D eigenvalue weighted by Gasteiger charge is 2.06. The van der Waals surface area contributed by atoms with Crippen molar-refractivity contribution in [3.05, 3.63) is 64.8 Å². The molecule has 0 aliphatic heterocycles. The molecule has 23 heavy (non-hydrogen) atoms. The van der Waals surface area contributed by atoms with Gasteiger partial charge in [-0.05, 0) is 60.5 Å². The molecule has 0 saturated heterocycles. The standard InChI is InChI=1S/C17H14FN3OS/c1-11-8-13(4-7-15(11)18)16-10-23-17(20-16)21-19-9-12-2-5-14(22)6-3-12/h2-10,22H,1H3,(H,20,21)/b19-9+. The first kappa shape index (κ1) is 15.2. The largest absolute Gasteiger partial charge is 0.508 e. The van der Waals surface area contributed by atoms with E-state index < -0.39 is 0 Å². The number of nitrogens with one attached hydrogen (secondary N) is 1. The summed E-state index contributed by atoms with van der Waals surface area (Å²) in [7, 11) is 0. The molecule has 116 valence electrons. The number of hydrogen-bond donors (Lipinski definition) is 2. The summed E-state index contributed by atoms with van der Waals surface area (Å²) >= 11 is 1.42. The van der Waals surface area contributed by atoms with E-state index in [4.69, 9.17) is 0 Å². The van der Waals surface area contributed by atoms with Crippen LogP contribution in [-0.4, -0.2) is 16.3 Å².